The Balaban J connectivity index is 2.08. The molecule has 0 bridgehead atoms. The first-order valence-corrected chi connectivity index (χ1v) is 12.9. The smallest absolute Gasteiger partial charge is 0.326 e. The number of carboxylic acids is 1. The second-order valence-electron chi connectivity index (χ2n) is 8.99. The summed E-state index contributed by atoms with van der Waals surface area (Å²) in [5.74, 6) is -4.97. The maximum absolute atomic E-state index is 13.0. The van der Waals surface area contributed by atoms with Gasteiger partial charge in [-0.15, -0.1) is 0 Å². The molecule has 0 saturated heterocycles. The van der Waals surface area contributed by atoms with Crippen LogP contribution in [0.3, 0.4) is 0 Å². The number of carbonyl (C=O) groups is 5. The molecule has 0 aliphatic rings. The average Bonchev–Trinajstić information content (AvgIpc) is 3.30. The number of para-hydroxylation sites is 1. The highest BCUT2D eigenvalue weighted by molar-refractivity contribution is 7.80. The Labute approximate surface area is 235 Å². The zero-order chi connectivity index (χ0) is 29.8. The number of aliphatic carboxylic acids is 1. The number of carboxylic acid groups (broad SMARTS) is 1. The second-order valence-corrected chi connectivity index (χ2v) is 9.36. The van der Waals surface area contributed by atoms with E-state index in [2.05, 4.69) is 38.6 Å². The molecule has 1 aromatic heterocycles. The van der Waals surface area contributed by atoms with Crippen molar-refractivity contribution >= 4 is 59.1 Å². The molecule has 1 aromatic carbocycles. The van der Waals surface area contributed by atoms with Crippen LogP contribution in [-0.2, 0) is 30.4 Å². The van der Waals surface area contributed by atoms with E-state index in [0.717, 1.165) is 16.5 Å². The normalized spacial score (nSPS) is 13.8. The van der Waals surface area contributed by atoms with E-state index < -0.39 is 60.2 Å². The number of hydrogen-bond donors (Lipinski definition) is 10. The summed E-state index contributed by atoms with van der Waals surface area (Å²) in [6, 6.07) is 2.51. The number of aromatic nitrogens is 1. The van der Waals surface area contributed by atoms with Crippen molar-refractivity contribution in [2.45, 2.75) is 49.9 Å². The summed E-state index contributed by atoms with van der Waals surface area (Å²) in [6.45, 7) is 0.126. The molecule has 218 valence electrons. The molecule has 0 aliphatic carbocycles. The van der Waals surface area contributed by atoms with Gasteiger partial charge in [0.2, 0.25) is 23.6 Å². The molecule has 0 fully saturated rings. The van der Waals surface area contributed by atoms with Gasteiger partial charge in [-0.2, -0.15) is 12.6 Å². The van der Waals surface area contributed by atoms with Crippen molar-refractivity contribution in [1.82, 2.24) is 20.9 Å². The van der Waals surface area contributed by atoms with E-state index in [1.807, 2.05) is 24.3 Å². The number of hydrogen-bond acceptors (Lipinski definition) is 8. The number of guanidine groups is 1. The number of rotatable bonds is 16. The van der Waals surface area contributed by atoms with Crippen LogP contribution in [0.25, 0.3) is 10.9 Å². The number of H-pyrrole nitrogens is 1. The van der Waals surface area contributed by atoms with Crippen LogP contribution >= 0.6 is 12.6 Å². The average molecular weight is 578 g/mol. The number of aromatic amines is 1. The van der Waals surface area contributed by atoms with Gasteiger partial charge in [-0.1, -0.05) is 18.2 Å². The summed E-state index contributed by atoms with van der Waals surface area (Å²) in [4.78, 5) is 68.3. The topological polar surface area (TPSA) is 274 Å². The predicted molar refractivity (Wildman–Crippen MR) is 151 cm³/mol. The van der Waals surface area contributed by atoms with E-state index in [1.54, 1.807) is 6.20 Å². The van der Waals surface area contributed by atoms with Gasteiger partial charge < -0.3 is 49.0 Å². The fourth-order valence-electron chi connectivity index (χ4n) is 3.82. The van der Waals surface area contributed by atoms with Gasteiger partial charge in [-0.3, -0.25) is 24.2 Å². The third kappa shape index (κ3) is 9.77. The molecular weight excluding hydrogens is 542 g/mol. The van der Waals surface area contributed by atoms with Crippen molar-refractivity contribution in [3.05, 3.63) is 36.0 Å². The molecule has 40 heavy (non-hydrogen) atoms. The third-order valence-corrected chi connectivity index (χ3v) is 6.23. The molecule has 15 nitrogen and oxygen atoms in total. The fourth-order valence-corrected chi connectivity index (χ4v) is 4.08. The van der Waals surface area contributed by atoms with Gasteiger partial charge in [0.05, 0.1) is 12.5 Å². The minimum Gasteiger partial charge on any atom is -0.480 e. The molecule has 0 spiro atoms. The van der Waals surface area contributed by atoms with Crippen molar-refractivity contribution in [2.75, 3.05) is 12.3 Å². The Hall–Kier alpha value is -4.31. The molecule has 4 amide bonds. The molecule has 4 atom stereocenters. The number of primary amides is 1. The van der Waals surface area contributed by atoms with Gasteiger partial charge >= 0.3 is 5.97 Å². The number of aliphatic imine (C=N–C) groups is 1. The molecule has 0 saturated carbocycles. The van der Waals surface area contributed by atoms with E-state index in [9.17, 15) is 29.1 Å². The van der Waals surface area contributed by atoms with Gasteiger partial charge in [0.25, 0.3) is 0 Å². The zero-order valence-corrected chi connectivity index (χ0v) is 22.5. The van der Waals surface area contributed by atoms with Gasteiger partial charge in [0.15, 0.2) is 5.96 Å². The van der Waals surface area contributed by atoms with E-state index >= 15 is 0 Å². The van der Waals surface area contributed by atoms with Crippen LogP contribution < -0.4 is 38.9 Å². The van der Waals surface area contributed by atoms with Gasteiger partial charge in [-0.05, 0) is 30.9 Å². The van der Waals surface area contributed by atoms with Crippen LogP contribution in [0.4, 0.5) is 0 Å². The highest BCUT2D eigenvalue weighted by Crippen LogP contribution is 2.18. The Morgan fingerprint density at radius 3 is 2.20 bits per heavy atom. The van der Waals surface area contributed by atoms with Gasteiger partial charge in [0, 0.05) is 29.4 Å². The number of nitrogens with one attached hydrogen (secondary N) is 4. The standard InChI is InChI=1S/C24H35N9O6S/c25-14(8-12-10-30-15-5-2-1-4-13(12)15)20(35)33-18(11-40)22(37)31-16(6-3-7-29-24(27)28)21(36)32-17(23(38)39)9-19(26)34/h1-2,4-5,10,14,16-18,30,40H,3,6-9,11,25H2,(H2,26,34)(H,31,37)(H,32,36)(H,33,35)(H,38,39)(H4,27,28,29). The van der Waals surface area contributed by atoms with Crippen molar-refractivity contribution in [3.8, 4) is 0 Å². The van der Waals surface area contributed by atoms with Crippen LogP contribution in [0.2, 0.25) is 0 Å². The number of fused-ring (bicyclic) bond motifs is 1. The van der Waals surface area contributed by atoms with Gasteiger partial charge in [0.1, 0.15) is 18.1 Å². The lowest BCUT2D eigenvalue weighted by Crippen LogP contribution is -2.58. The molecular formula is C24H35N9O6S. The molecule has 13 N–H and O–H groups in total. The summed E-state index contributed by atoms with van der Waals surface area (Å²) in [5, 5.41) is 17.4. The first kappa shape index (κ1) is 31.9. The summed E-state index contributed by atoms with van der Waals surface area (Å²) >= 11 is 4.14. The molecule has 16 heteroatoms. The van der Waals surface area contributed by atoms with Crippen molar-refractivity contribution in [3.63, 3.8) is 0 Å². The predicted octanol–water partition coefficient (Wildman–Crippen LogP) is -2.56. The molecule has 2 rings (SSSR count). The minimum atomic E-state index is -1.61. The van der Waals surface area contributed by atoms with Crippen LogP contribution in [0.15, 0.2) is 35.5 Å². The van der Waals surface area contributed by atoms with Crippen LogP contribution in [-0.4, -0.2) is 82.1 Å². The Kier molecular flexibility index (Phi) is 12.2. The number of carbonyl (C=O) groups excluding carboxylic acids is 4. The van der Waals surface area contributed by atoms with E-state index in [0.29, 0.717) is 0 Å². The van der Waals surface area contributed by atoms with Crippen molar-refractivity contribution in [1.29, 1.82) is 0 Å². The van der Waals surface area contributed by atoms with Crippen LogP contribution in [0.5, 0.6) is 0 Å². The summed E-state index contributed by atoms with van der Waals surface area (Å²) < 4.78 is 0. The van der Waals surface area contributed by atoms with Gasteiger partial charge in [-0.25, -0.2) is 4.79 Å². The second kappa shape index (κ2) is 15.3. The lowest BCUT2D eigenvalue weighted by molar-refractivity contribution is -0.143. The number of nitrogens with two attached hydrogens (primary N) is 4. The Morgan fingerprint density at radius 1 is 0.950 bits per heavy atom. The number of nitrogens with zero attached hydrogens (tertiary/aromatic N) is 1. The van der Waals surface area contributed by atoms with E-state index in [1.165, 1.54) is 0 Å². The Morgan fingerprint density at radius 2 is 1.57 bits per heavy atom. The molecule has 2 aromatic rings. The number of thiol groups is 1. The maximum atomic E-state index is 13.0. The SMILES string of the molecule is NC(=O)CC(NC(=O)C(CCCN=C(N)N)NC(=O)C(CS)NC(=O)C(N)Cc1c[nH]c2ccccc12)C(=O)O. The lowest BCUT2D eigenvalue weighted by Gasteiger charge is -2.24. The Bertz CT molecular complexity index is 1250. The highest BCUT2D eigenvalue weighted by Gasteiger charge is 2.30. The zero-order valence-electron chi connectivity index (χ0n) is 21.6. The van der Waals surface area contributed by atoms with Crippen LogP contribution in [0, 0.1) is 0 Å². The summed E-state index contributed by atoms with van der Waals surface area (Å²) in [5.41, 5.74) is 23.5. The van der Waals surface area contributed by atoms with Crippen LogP contribution in [0.1, 0.15) is 24.8 Å². The lowest BCUT2D eigenvalue weighted by atomic mass is 10.0. The van der Waals surface area contributed by atoms with E-state index in [-0.39, 0.29) is 37.5 Å². The van der Waals surface area contributed by atoms with E-state index in [4.69, 9.17) is 22.9 Å². The van der Waals surface area contributed by atoms with Crippen molar-refractivity contribution < 1.29 is 29.1 Å². The largest absolute Gasteiger partial charge is 0.480 e. The quantitative estimate of drug-likeness (QED) is 0.0434. The summed E-state index contributed by atoms with van der Waals surface area (Å²) in [7, 11) is 0. The minimum absolute atomic E-state index is 0.00454. The number of amides is 4. The third-order valence-electron chi connectivity index (χ3n) is 5.87. The number of benzene rings is 1. The fraction of sp³-hybridized carbons (Fsp3) is 0.417. The molecule has 4 unspecified atom stereocenters. The van der Waals surface area contributed by atoms with Crippen molar-refractivity contribution in [2.24, 2.45) is 27.9 Å². The first-order valence-electron chi connectivity index (χ1n) is 12.3. The monoisotopic (exact) mass is 577 g/mol. The molecule has 0 radical (unpaired) electrons. The maximum Gasteiger partial charge on any atom is 0.326 e. The molecule has 1 heterocycles. The molecule has 0 aliphatic heterocycles. The highest BCUT2D eigenvalue weighted by atomic mass is 32.1. The first-order chi connectivity index (χ1) is 18.9. The summed E-state index contributed by atoms with van der Waals surface area (Å²) in [6.07, 6.45) is 1.54.